The van der Waals surface area contributed by atoms with Gasteiger partial charge in [-0.3, -0.25) is 9.59 Å². The molecule has 0 aliphatic heterocycles. The van der Waals surface area contributed by atoms with Crippen LogP contribution in [0.2, 0.25) is 0 Å². The van der Waals surface area contributed by atoms with E-state index in [1.807, 2.05) is 0 Å². The van der Waals surface area contributed by atoms with E-state index in [2.05, 4.69) is 5.73 Å². The van der Waals surface area contributed by atoms with E-state index in [0.717, 1.165) is 0 Å². The second kappa shape index (κ2) is 10.8. The van der Waals surface area contributed by atoms with Crippen LogP contribution >= 0.6 is 0 Å². The first-order valence-electron chi connectivity index (χ1n) is 2.76. The van der Waals surface area contributed by atoms with Crippen LogP contribution in [0.25, 0.3) is 0 Å². The Hall–Kier alpha value is -0.693. The predicted octanol–water partition coefficient (Wildman–Crippen LogP) is -1.61. The third kappa shape index (κ3) is 1180. The van der Waals surface area contributed by atoms with Gasteiger partial charge < -0.3 is 41.7 Å². The van der Waals surface area contributed by atoms with Crippen molar-refractivity contribution in [2.45, 2.75) is 0 Å². The zero-order chi connectivity index (χ0) is 13.3. The summed E-state index contributed by atoms with van der Waals surface area (Å²) in [6, 6.07) is 0. The zero-order valence-electron chi connectivity index (χ0n) is 8.65. The van der Waals surface area contributed by atoms with Crippen LogP contribution in [0.1, 0.15) is 1.43 Å². The molecule has 0 saturated heterocycles. The second-order valence-electron chi connectivity index (χ2n) is 1.51. The Bertz CT molecular complexity index is 175. The van der Waals surface area contributed by atoms with Crippen molar-refractivity contribution in [3.05, 3.63) is 0 Å². The molecule has 0 rings (SSSR count). The molecule has 0 aliphatic rings. The van der Waals surface area contributed by atoms with Gasteiger partial charge in [-0.25, -0.2) is 0 Å². The third-order valence-corrected chi connectivity index (χ3v) is 0.116. The van der Waals surface area contributed by atoms with Gasteiger partial charge in [0.1, 0.15) is 0 Å². The molecular formula is C2H4B2F8LiNO2-2. The maximum atomic E-state index is 9.75. The molecule has 2 N–H and O–H groups in total. The van der Waals surface area contributed by atoms with Gasteiger partial charge in [-0.2, -0.15) is 0 Å². The molecule has 16 heavy (non-hydrogen) atoms. The van der Waals surface area contributed by atoms with Gasteiger partial charge in [-0.05, 0) is 0 Å². The van der Waals surface area contributed by atoms with Crippen molar-refractivity contribution in [1.29, 1.82) is 0 Å². The molecular weight excluding hydrogens is 251 g/mol. The number of rotatable bonds is 1. The smallest absolute Gasteiger partial charge is 1.00 e. The summed E-state index contributed by atoms with van der Waals surface area (Å²) in [4.78, 5) is 18.3. The molecule has 0 unspecified atom stereocenters. The van der Waals surface area contributed by atoms with E-state index >= 15 is 0 Å². The van der Waals surface area contributed by atoms with Gasteiger partial charge in [0, 0.05) is 0 Å². The summed E-state index contributed by atoms with van der Waals surface area (Å²) < 4.78 is 78.0. The average Bonchev–Trinajstić information content (AvgIpc) is 1.79. The Labute approximate surface area is 97.6 Å². The molecule has 0 bridgehead atoms. The minimum atomic E-state index is -6.00. The number of primary amides is 1. The topological polar surface area (TPSA) is 60.2 Å². The second-order valence-corrected chi connectivity index (χ2v) is 1.51. The Morgan fingerprint density at radius 1 is 0.938 bits per heavy atom. The summed E-state index contributed by atoms with van der Waals surface area (Å²) >= 11 is 0. The minimum absolute atomic E-state index is 0. The predicted molar refractivity (Wildman–Crippen MR) is 36.7 cm³/mol. The van der Waals surface area contributed by atoms with Crippen LogP contribution in [0.4, 0.5) is 34.5 Å². The van der Waals surface area contributed by atoms with Crippen LogP contribution in [-0.2, 0) is 9.59 Å². The number of nitrogens with two attached hydrogens (primary N) is 1. The number of hydrogen-bond donors (Lipinski definition) is 1. The molecule has 0 saturated carbocycles. The van der Waals surface area contributed by atoms with Gasteiger partial charge in [0.25, 0.3) is 5.91 Å². The van der Waals surface area contributed by atoms with Crippen LogP contribution in [0.15, 0.2) is 0 Å². The van der Waals surface area contributed by atoms with E-state index in [9.17, 15) is 39.3 Å². The largest absolute Gasteiger partial charge is 1.00 e. The summed E-state index contributed by atoms with van der Waals surface area (Å²) in [7, 11) is -12.0. The van der Waals surface area contributed by atoms with Gasteiger partial charge in [-0.1, -0.05) is 0 Å². The number of amides is 1. The molecule has 0 aromatic rings. The minimum Gasteiger partial charge on any atom is -1.00 e. The summed E-state index contributed by atoms with van der Waals surface area (Å²) in [5.74, 6) is -0.926. The fourth-order valence-electron chi connectivity index (χ4n) is 0. The maximum Gasteiger partial charge on any atom is 1.00 e. The molecule has 1 amide bonds. The van der Waals surface area contributed by atoms with Gasteiger partial charge in [0.15, 0.2) is 0 Å². The Kier molecular flexibility index (Phi) is 16.6. The number of halogens is 8. The maximum absolute atomic E-state index is 9.75. The summed E-state index contributed by atoms with van der Waals surface area (Å²) in [6.07, 6.45) is 0.0556. The van der Waals surface area contributed by atoms with E-state index < -0.39 is 20.4 Å². The zero-order valence-corrected chi connectivity index (χ0v) is 7.65. The van der Waals surface area contributed by atoms with E-state index in [1.54, 1.807) is 0 Å². The van der Waals surface area contributed by atoms with Gasteiger partial charge in [0.05, 0.1) is 0 Å². The van der Waals surface area contributed by atoms with Crippen molar-refractivity contribution in [2.24, 2.45) is 5.73 Å². The molecule has 0 fully saturated rings. The van der Waals surface area contributed by atoms with Crippen molar-refractivity contribution in [3.8, 4) is 0 Å². The van der Waals surface area contributed by atoms with Crippen LogP contribution in [0.5, 0.6) is 0 Å². The average molecular weight is 255 g/mol. The molecule has 0 aromatic carbocycles. The van der Waals surface area contributed by atoms with E-state index in [-0.39, 0.29) is 26.6 Å². The number of carbonyl (C=O) groups excluding carboxylic acids is 2. The standard InChI is InChI=1S/C2H3NO2.2BF4.Li.H/c3-2(5)1-4;2*2-1(3,4)5;;/h1H,(H2,3,5);;;;/q;2*-1;+1;-1. The summed E-state index contributed by atoms with van der Waals surface area (Å²) in [5, 5.41) is 0. The van der Waals surface area contributed by atoms with Crippen molar-refractivity contribution >= 4 is 26.7 Å². The van der Waals surface area contributed by atoms with Crippen molar-refractivity contribution in [1.82, 2.24) is 0 Å². The van der Waals surface area contributed by atoms with Gasteiger partial charge in [0.2, 0.25) is 6.29 Å². The molecule has 14 heteroatoms. The van der Waals surface area contributed by atoms with Crippen molar-refractivity contribution in [3.63, 3.8) is 0 Å². The number of carbonyl (C=O) groups is 2. The fraction of sp³-hybridized carbons (Fsp3) is 0. The third-order valence-electron chi connectivity index (χ3n) is 0.116. The van der Waals surface area contributed by atoms with Crippen LogP contribution in [0.3, 0.4) is 0 Å². The van der Waals surface area contributed by atoms with Gasteiger partial charge in [-0.15, -0.1) is 0 Å². The molecule has 0 spiro atoms. The monoisotopic (exact) mass is 255 g/mol. The first-order valence-corrected chi connectivity index (χ1v) is 2.76. The van der Waals surface area contributed by atoms with Crippen LogP contribution in [0, 0.1) is 0 Å². The number of aldehydes is 1. The fourth-order valence-corrected chi connectivity index (χ4v) is 0. The molecule has 94 valence electrons. The van der Waals surface area contributed by atoms with Gasteiger partial charge >= 0.3 is 33.4 Å². The molecule has 0 atom stereocenters. The first-order chi connectivity index (χ1) is 6.27. The normalized spacial score (nSPS) is 9.50. The van der Waals surface area contributed by atoms with Crippen LogP contribution < -0.4 is 24.6 Å². The molecule has 0 heterocycles. The Morgan fingerprint density at radius 3 is 1.00 bits per heavy atom. The molecule has 3 nitrogen and oxygen atoms in total. The quantitative estimate of drug-likeness (QED) is 0.265. The molecule has 0 radical (unpaired) electrons. The first kappa shape index (κ1) is 24.5. The van der Waals surface area contributed by atoms with Crippen molar-refractivity contribution in [2.75, 3.05) is 0 Å². The number of hydrogen-bond acceptors (Lipinski definition) is 2. The van der Waals surface area contributed by atoms with E-state index in [1.165, 1.54) is 0 Å². The van der Waals surface area contributed by atoms with Crippen LogP contribution in [-0.4, -0.2) is 26.7 Å². The summed E-state index contributed by atoms with van der Waals surface area (Å²) in [5.41, 5.74) is 4.28. The Morgan fingerprint density at radius 2 is 1.00 bits per heavy atom. The van der Waals surface area contributed by atoms with E-state index in [4.69, 9.17) is 4.79 Å². The van der Waals surface area contributed by atoms with E-state index in [0.29, 0.717) is 0 Å². The summed E-state index contributed by atoms with van der Waals surface area (Å²) in [6.45, 7) is 0. The molecule has 0 aromatic heterocycles. The SMILES string of the molecule is F[B-](F)(F)F.F[B-](F)(F)F.NC(=O)C=O.[H-].[Li+]. The Balaban J connectivity index is -0.0000000400. The van der Waals surface area contributed by atoms with Crippen molar-refractivity contribution < 1.29 is 64.4 Å². The molecule has 0 aliphatic carbocycles.